The van der Waals surface area contributed by atoms with Crippen LogP contribution in [0.2, 0.25) is 0 Å². The Hall–Kier alpha value is -2.99. The molecule has 8 nitrogen and oxygen atoms in total. The number of nitrogens with one attached hydrogen (secondary N) is 1. The summed E-state index contributed by atoms with van der Waals surface area (Å²) in [7, 11) is 4.76. The van der Waals surface area contributed by atoms with E-state index in [4.69, 9.17) is 14.2 Å². The summed E-state index contributed by atoms with van der Waals surface area (Å²) in [6, 6.07) is 2.73. The third kappa shape index (κ3) is 3.62. The number of carbonyl (C=O) groups excluding carboxylic acids is 2. The fraction of sp³-hybridized carbons (Fsp3) is 0.400. The van der Waals surface area contributed by atoms with Crippen LogP contribution in [0.15, 0.2) is 29.6 Å². The van der Waals surface area contributed by atoms with Crippen LogP contribution in [-0.4, -0.2) is 62.1 Å². The number of amides is 2. The maximum atomic E-state index is 14.2. The number of halogens is 3. The molecule has 12 heteroatoms. The second-order valence-electron chi connectivity index (χ2n) is 6.99. The van der Waals surface area contributed by atoms with E-state index in [2.05, 4.69) is 5.32 Å². The number of rotatable bonds is 6. The average Bonchev–Trinajstić information content (AvgIpc) is 3.29. The maximum absolute atomic E-state index is 14.2. The van der Waals surface area contributed by atoms with Crippen LogP contribution in [0, 0.1) is 5.92 Å². The highest BCUT2D eigenvalue weighted by Gasteiger charge is 2.69. The van der Waals surface area contributed by atoms with Crippen LogP contribution >= 0.6 is 11.3 Å². The third-order valence-corrected chi connectivity index (χ3v) is 6.26. The van der Waals surface area contributed by atoms with Gasteiger partial charge in [-0.25, -0.2) is 4.79 Å². The van der Waals surface area contributed by atoms with Gasteiger partial charge in [0.05, 0.1) is 32.2 Å². The van der Waals surface area contributed by atoms with E-state index in [9.17, 15) is 27.9 Å². The van der Waals surface area contributed by atoms with Crippen molar-refractivity contribution in [3.05, 3.63) is 40.1 Å². The van der Waals surface area contributed by atoms with Gasteiger partial charge < -0.3 is 24.6 Å². The first-order chi connectivity index (χ1) is 15.0. The van der Waals surface area contributed by atoms with Crippen LogP contribution in [0.5, 0.6) is 17.2 Å². The van der Waals surface area contributed by atoms with Gasteiger partial charge in [0.25, 0.3) is 5.72 Å². The van der Waals surface area contributed by atoms with Gasteiger partial charge in [-0.1, -0.05) is 6.07 Å². The van der Waals surface area contributed by atoms with Crippen LogP contribution in [0.3, 0.4) is 0 Å². The summed E-state index contributed by atoms with van der Waals surface area (Å²) in [4.78, 5) is 25.9. The van der Waals surface area contributed by atoms with E-state index in [0.717, 1.165) is 18.4 Å². The monoisotopic (exact) mass is 474 g/mol. The van der Waals surface area contributed by atoms with E-state index in [1.807, 2.05) is 0 Å². The molecule has 1 aromatic heterocycles. The third-order valence-electron chi connectivity index (χ3n) is 5.37. The average molecular weight is 474 g/mol. The molecule has 2 heterocycles. The number of carbonyl (C=O) groups is 2. The SMILES string of the molecule is COc1cc(C2NC(=O)N(C)C(O)(C(F)(F)F)C2C(=O)c2cccs2)cc(OC)c1OC. The molecule has 0 bridgehead atoms. The molecular weight excluding hydrogens is 453 g/mol. The molecule has 2 N–H and O–H groups in total. The van der Waals surface area contributed by atoms with Crippen LogP contribution in [-0.2, 0) is 0 Å². The van der Waals surface area contributed by atoms with Gasteiger partial charge >= 0.3 is 12.2 Å². The first-order valence-corrected chi connectivity index (χ1v) is 10.1. The Morgan fingerprint density at radius 3 is 2.22 bits per heavy atom. The molecule has 0 radical (unpaired) electrons. The molecule has 0 saturated carbocycles. The number of thiophene rings is 1. The van der Waals surface area contributed by atoms with E-state index in [1.54, 1.807) is 0 Å². The number of alkyl halides is 3. The molecule has 2 amide bonds. The lowest BCUT2D eigenvalue weighted by Crippen LogP contribution is -2.72. The van der Waals surface area contributed by atoms with Crippen molar-refractivity contribution in [3.8, 4) is 17.2 Å². The van der Waals surface area contributed by atoms with Crippen LogP contribution in [0.4, 0.5) is 18.0 Å². The molecule has 3 unspecified atom stereocenters. The summed E-state index contributed by atoms with van der Waals surface area (Å²) in [6.45, 7) is 0. The molecule has 2 aromatic rings. The molecule has 0 spiro atoms. The summed E-state index contributed by atoms with van der Waals surface area (Å²) in [5.74, 6) is -2.73. The second-order valence-corrected chi connectivity index (χ2v) is 7.94. The molecule has 32 heavy (non-hydrogen) atoms. The lowest BCUT2D eigenvalue weighted by atomic mass is 9.77. The Bertz CT molecular complexity index is 988. The van der Waals surface area contributed by atoms with E-state index in [-0.39, 0.29) is 32.6 Å². The van der Waals surface area contributed by atoms with E-state index in [0.29, 0.717) is 0 Å². The number of nitrogens with zero attached hydrogens (tertiary/aromatic N) is 1. The zero-order valence-electron chi connectivity index (χ0n) is 17.5. The Kier molecular flexibility index (Phi) is 6.29. The van der Waals surface area contributed by atoms with Gasteiger partial charge in [0.1, 0.15) is 5.92 Å². The molecule has 0 aliphatic carbocycles. The molecule has 174 valence electrons. The minimum Gasteiger partial charge on any atom is -0.493 e. The van der Waals surface area contributed by atoms with Crippen molar-refractivity contribution in [2.75, 3.05) is 28.4 Å². The van der Waals surface area contributed by atoms with Crippen molar-refractivity contribution in [2.24, 2.45) is 5.92 Å². The highest BCUT2D eigenvalue weighted by Crippen LogP contribution is 2.49. The van der Waals surface area contributed by atoms with Crippen molar-refractivity contribution < 1.29 is 42.1 Å². The number of benzene rings is 1. The quantitative estimate of drug-likeness (QED) is 0.624. The summed E-state index contributed by atoms with van der Waals surface area (Å²) >= 11 is 0.928. The van der Waals surface area contributed by atoms with E-state index >= 15 is 0 Å². The molecule has 1 saturated heterocycles. The van der Waals surface area contributed by atoms with Gasteiger partial charge in [-0.05, 0) is 29.1 Å². The Balaban J connectivity index is 2.27. The number of Topliss-reactive ketones (excluding diaryl/α,β-unsaturated/α-hetero) is 1. The van der Waals surface area contributed by atoms with E-state index < -0.39 is 35.7 Å². The zero-order valence-corrected chi connectivity index (χ0v) is 18.3. The number of hydrogen-bond donors (Lipinski definition) is 2. The first-order valence-electron chi connectivity index (χ1n) is 9.22. The van der Waals surface area contributed by atoms with Crippen molar-refractivity contribution in [1.29, 1.82) is 0 Å². The lowest BCUT2D eigenvalue weighted by molar-refractivity contribution is -0.322. The summed E-state index contributed by atoms with van der Waals surface area (Å²) in [6.07, 6.45) is -5.34. The number of hydrogen-bond acceptors (Lipinski definition) is 7. The summed E-state index contributed by atoms with van der Waals surface area (Å²) < 4.78 is 58.4. The zero-order chi connectivity index (χ0) is 23.8. The molecule has 3 rings (SSSR count). The van der Waals surface area contributed by atoms with Crippen LogP contribution in [0.1, 0.15) is 21.3 Å². The summed E-state index contributed by atoms with van der Waals surface area (Å²) in [5, 5.41) is 14.8. The van der Waals surface area contributed by atoms with Crippen molar-refractivity contribution in [2.45, 2.75) is 17.9 Å². The minimum atomic E-state index is -5.34. The van der Waals surface area contributed by atoms with Crippen LogP contribution in [0.25, 0.3) is 0 Å². The number of methoxy groups -OCH3 is 3. The van der Waals surface area contributed by atoms with E-state index in [1.165, 1.54) is 51.0 Å². The topological polar surface area (TPSA) is 97.3 Å². The van der Waals surface area contributed by atoms with Gasteiger partial charge in [0.15, 0.2) is 17.3 Å². The van der Waals surface area contributed by atoms with Gasteiger partial charge in [-0.15, -0.1) is 11.3 Å². The Morgan fingerprint density at radius 1 is 1.19 bits per heavy atom. The summed E-state index contributed by atoms with van der Waals surface area (Å²) in [5.41, 5.74) is -3.72. The number of ketones is 1. The Morgan fingerprint density at radius 2 is 1.78 bits per heavy atom. The highest BCUT2D eigenvalue weighted by atomic mass is 32.1. The van der Waals surface area contributed by atoms with Crippen molar-refractivity contribution in [3.63, 3.8) is 0 Å². The normalized spacial score (nSPS) is 23.5. The van der Waals surface area contributed by atoms with Gasteiger partial charge in [-0.2, -0.15) is 13.2 Å². The van der Waals surface area contributed by atoms with Gasteiger partial charge in [0, 0.05) is 7.05 Å². The molecule has 1 fully saturated rings. The fourth-order valence-electron chi connectivity index (χ4n) is 3.74. The molecule has 1 aromatic carbocycles. The van der Waals surface area contributed by atoms with Gasteiger partial charge in [0.2, 0.25) is 5.75 Å². The minimum absolute atomic E-state index is 0.000310. The number of urea groups is 1. The second kappa shape index (κ2) is 8.51. The predicted octanol–water partition coefficient (Wildman–Crippen LogP) is 3.22. The lowest BCUT2D eigenvalue weighted by Gasteiger charge is -2.49. The number of aliphatic hydroxyl groups is 1. The van der Waals surface area contributed by atoms with Crippen molar-refractivity contribution >= 4 is 23.2 Å². The molecular formula is C20H21F3N2O6S. The molecule has 3 atom stereocenters. The first kappa shape index (κ1) is 23.7. The maximum Gasteiger partial charge on any atom is 0.437 e. The standard InChI is InChI=1S/C20H21F3N2O6S/c1-25-18(27)24-15(10-8-11(29-2)17(31-4)12(9-10)30-3)14(19(25,28)20(21,22)23)16(26)13-6-5-7-32-13/h5-9,14-15,28H,1-4H3,(H,24,27). The van der Waals surface area contributed by atoms with Crippen LogP contribution < -0.4 is 19.5 Å². The predicted molar refractivity (Wildman–Crippen MR) is 108 cm³/mol. The van der Waals surface area contributed by atoms with Crippen molar-refractivity contribution in [1.82, 2.24) is 10.2 Å². The highest BCUT2D eigenvalue weighted by molar-refractivity contribution is 7.12. The number of ether oxygens (including phenoxy) is 3. The van der Waals surface area contributed by atoms with Gasteiger partial charge in [-0.3, -0.25) is 9.69 Å². The largest absolute Gasteiger partial charge is 0.493 e. The fourth-order valence-corrected chi connectivity index (χ4v) is 4.44. The smallest absolute Gasteiger partial charge is 0.437 e. The molecule has 1 aliphatic rings. The molecule has 1 aliphatic heterocycles. The Labute approximate surface area is 185 Å².